The molecule has 2 N–H and O–H groups in total. The maximum Gasteiger partial charge on any atom is 0.337 e. The quantitative estimate of drug-likeness (QED) is 0.518. The second-order valence-corrected chi connectivity index (χ2v) is 7.89. The van der Waals surface area contributed by atoms with Gasteiger partial charge in [-0.3, -0.25) is 0 Å². The van der Waals surface area contributed by atoms with Gasteiger partial charge in [0.15, 0.2) is 0 Å². The molecule has 0 amide bonds. The molecule has 1 heterocycles. The van der Waals surface area contributed by atoms with Crippen LogP contribution in [0.25, 0.3) is 0 Å². The molecule has 154 valence electrons. The van der Waals surface area contributed by atoms with Crippen LogP contribution in [-0.4, -0.2) is 24.2 Å². The monoisotopic (exact) mass is 400 g/mol. The zero-order valence-electron chi connectivity index (χ0n) is 17.2. The summed E-state index contributed by atoms with van der Waals surface area (Å²) in [7, 11) is 0. The molecule has 30 heavy (non-hydrogen) atoms. The predicted octanol–water partition coefficient (Wildman–Crippen LogP) is 5.90. The molecule has 0 radical (unpaired) electrons. The van der Waals surface area contributed by atoms with Gasteiger partial charge in [-0.1, -0.05) is 36.4 Å². The third kappa shape index (κ3) is 5.01. The fourth-order valence-corrected chi connectivity index (χ4v) is 4.04. The molecule has 4 heteroatoms. The topological polar surface area (TPSA) is 52.6 Å². The summed E-state index contributed by atoms with van der Waals surface area (Å²) in [6.45, 7) is 2.34. The van der Waals surface area contributed by atoms with Gasteiger partial charge in [-0.25, -0.2) is 4.79 Å². The van der Waals surface area contributed by atoms with Crippen molar-refractivity contribution >= 4 is 23.0 Å². The van der Waals surface area contributed by atoms with Crippen LogP contribution in [0.4, 0.5) is 17.1 Å². The maximum atomic E-state index is 11.4. The van der Waals surface area contributed by atoms with Crippen LogP contribution in [0.1, 0.15) is 40.7 Å². The van der Waals surface area contributed by atoms with E-state index >= 15 is 0 Å². The molecule has 4 rings (SSSR count). The number of carbonyl (C=O) groups is 1. The summed E-state index contributed by atoms with van der Waals surface area (Å²) in [5, 5.41) is 12.5. The van der Waals surface area contributed by atoms with E-state index in [-0.39, 0.29) is 5.56 Å². The SMILES string of the molecule is O=C(O)c1ccccc1Nc1ccc(CCc2cccc(N3CCCCC3)c2)cc1. The number of carboxylic acids is 1. The molecule has 0 aromatic heterocycles. The Morgan fingerprint density at radius 3 is 2.33 bits per heavy atom. The van der Waals surface area contributed by atoms with Gasteiger partial charge < -0.3 is 15.3 Å². The lowest BCUT2D eigenvalue weighted by atomic mass is 10.0. The van der Waals surface area contributed by atoms with E-state index in [0.717, 1.165) is 18.5 Å². The summed E-state index contributed by atoms with van der Waals surface area (Å²) in [6.07, 6.45) is 5.93. The Kier molecular flexibility index (Phi) is 6.33. The molecule has 0 unspecified atom stereocenters. The van der Waals surface area contributed by atoms with Crippen molar-refractivity contribution in [3.8, 4) is 0 Å². The molecular weight excluding hydrogens is 372 g/mol. The van der Waals surface area contributed by atoms with E-state index in [2.05, 4.69) is 46.6 Å². The van der Waals surface area contributed by atoms with Gasteiger partial charge in [-0.05, 0) is 79.6 Å². The third-order valence-corrected chi connectivity index (χ3v) is 5.72. The van der Waals surface area contributed by atoms with E-state index in [4.69, 9.17) is 0 Å². The van der Waals surface area contributed by atoms with Gasteiger partial charge in [0.05, 0.1) is 11.3 Å². The number of hydrogen-bond acceptors (Lipinski definition) is 3. The van der Waals surface area contributed by atoms with Crippen molar-refractivity contribution in [3.63, 3.8) is 0 Å². The number of rotatable bonds is 7. The van der Waals surface area contributed by atoms with Crippen LogP contribution in [-0.2, 0) is 12.8 Å². The second-order valence-electron chi connectivity index (χ2n) is 7.89. The molecule has 0 saturated carbocycles. The molecule has 1 saturated heterocycles. The van der Waals surface area contributed by atoms with E-state index in [1.165, 1.54) is 49.2 Å². The number of hydrogen-bond donors (Lipinski definition) is 2. The minimum absolute atomic E-state index is 0.273. The normalized spacial score (nSPS) is 13.8. The number of carboxylic acid groups (broad SMARTS) is 1. The molecule has 0 atom stereocenters. The Morgan fingerprint density at radius 1 is 0.833 bits per heavy atom. The Hall–Kier alpha value is -3.27. The maximum absolute atomic E-state index is 11.4. The van der Waals surface area contributed by atoms with Crippen molar-refractivity contribution in [2.45, 2.75) is 32.1 Å². The predicted molar refractivity (Wildman–Crippen MR) is 123 cm³/mol. The smallest absolute Gasteiger partial charge is 0.337 e. The molecule has 1 fully saturated rings. The number of para-hydroxylation sites is 1. The zero-order chi connectivity index (χ0) is 20.8. The van der Waals surface area contributed by atoms with Gasteiger partial charge in [0, 0.05) is 24.5 Å². The van der Waals surface area contributed by atoms with Crippen LogP contribution in [0.3, 0.4) is 0 Å². The highest BCUT2D eigenvalue weighted by Crippen LogP contribution is 2.23. The Labute approximate surface area is 178 Å². The van der Waals surface area contributed by atoms with Crippen molar-refractivity contribution in [2.75, 3.05) is 23.3 Å². The van der Waals surface area contributed by atoms with Gasteiger partial charge in [-0.15, -0.1) is 0 Å². The highest BCUT2D eigenvalue weighted by molar-refractivity contribution is 5.95. The summed E-state index contributed by atoms with van der Waals surface area (Å²) in [5.74, 6) is -0.929. The van der Waals surface area contributed by atoms with E-state index in [0.29, 0.717) is 5.69 Å². The summed E-state index contributed by atoms with van der Waals surface area (Å²) in [4.78, 5) is 13.9. The van der Waals surface area contributed by atoms with E-state index in [9.17, 15) is 9.90 Å². The van der Waals surface area contributed by atoms with Gasteiger partial charge >= 0.3 is 5.97 Å². The molecule has 0 bridgehead atoms. The van der Waals surface area contributed by atoms with E-state index < -0.39 is 5.97 Å². The van der Waals surface area contributed by atoms with Crippen LogP contribution < -0.4 is 10.2 Å². The number of aryl methyl sites for hydroxylation is 2. The number of nitrogens with one attached hydrogen (secondary N) is 1. The average Bonchev–Trinajstić information content (AvgIpc) is 2.80. The number of nitrogens with zero attached hydrogens (tertiary/aromatic N) is 1. The summed E-state index contributed by atoms with van der Waals surface area (Å²) in [5.41, 5.74) is 5.76. The van der Waals surface area contributed by atoms with Gasteiger partial charge in [-0.2, -0.15) is 0 Å². The summed E-state index contributed by atoms with van der Waals surface area (Å²) < 4.78 is 0. The molecule has 4 nitrogen and oxygen atoms in total. The first-order valence-corrected chi connectivity index (χ1v) is 10.7. The van der Waals surface area contributed by atoms with Crippen molar-refractivity contribution in [1.82, 2.24) is 0 Å². The molecule has 0 spiro atoms. The van der Waals surface area contributed by atoms with E-state index in [1.54, 1.807) is 18.2 Å². The summed E-state index contributed by atoms with van der Waals surface area (Å²) in [6, 6.07) is 24.2. The Morgan fingerprint density at radius 2 is 1.57 bits per heavy atom. The fraction of sp³-hybridized carbons (Fsp3) is 0.269. The van der Waals surface area contributed by atoms with E-state index in [1.807, 2.05) is 18.2 Å². The minimum Gasteiger partial charge on any atom is -0.478 e. The Balaban J connectivity index is 1.37. The molecule has 1 aliphatic rings. The highest BCUT2D eigenvalue weighted by Gasteiger charge is 2.11. The van der Waals surface area contributed by atoms with Crippen molar-refractivity contribution < 1.29 is 9.90 Å². The number of piperidine rings is 1. The number of anilines is 3. The lowest BCUT2D eigenvalue weighted by molar-refractivity contribution is 0.0698. The van der Waals surface area contributed by atoms with Crippen LogP contribution in [0.15, 0.2) is 72.8 Å². The average molecular weight is 401 g/mol. The Bertz CT molecular complexity index is 992. The van der Waals surface area contributed by atoms with Crippen molar-refractivity contribution in [2.24, 2.45) is 0 Å². The van der Waals surface area contributed by atoms with Gasteiger partial charge in [0.1, 0.15) is 0 Å². The van der Waals surface area contributed by atoms with Gasteiger partial charge in [0.25, 0.3) is 0 Å². The molecule has 0 aliphatic carbocycles. The minimum atomic E-state index is -0.929. The first-order chi connectivity index (χ1) is 14.7. The number of benzene rings is 3. The standard InChI is InChI=1S/C26H28N2O2/c29-26(30)24-9-2-3-10-25(24)27-22-15-13-20(14-16-22)11-12-21-7-6-8-23(19-21)28-17-4-1-5-18-28/h2-3,6-10,13-16,19,27H,1,4-5,11-12,17-18H2,(H,29,30). The molecular formula is C26H28N2O2. The van der Waals surface area contributed by atoms with Crippen LogP contribution >= 0.6 is 0 Å². The summed E-state index contributed by atoms with van der Waals surface area (Å²) >= 11 is 0. The molecule has 3 aromatic rings. The second kappa shape index (κ2) is 9.49. The number of aromatic carboxylic acids is 1. The first-order valence-electron chi connectivity index (χ1n) is 10.7. The fourth-order valence-electron chi connectivity index (χ4n) is 4.04. The zero-order valence-corrected chi connectivity index (χ0v) is 17.2. The first kappa shape index (κ1) is 20.0. The third-order valence-electron chi connectivity index (χ3n) is 5.72. The lowest BCUT2D eigenvalue weighted by Crippen LogP contribution is -2.29. The highest BCUT2D eigenvalue weighted by atomic mass is 16.4. The van der Waals surface area contributed by atoms with Crippen LogP contribution in [0.2, 0.25) is 0 Å². The lowest BCUT2D eigenvalue weighted by Gasteiger charge is -2.29. The largest absolute Gasteiger partial charge is 0.478 e. The van der Waals surface area contributed by atoms with Crippen LogP contribution in [0, 0.1) is 0 Å². The van der Waals surface area contributed by atoms with Crippen molar-refractivity contribution in [3.05, 3.63) is 89.5 Å². The molecule has 1 aliphatic heterocycles. The van der Waals surface area contributed by atoms with Crippen molar-refractivity contribution in [1.29, 1.82) is 0 Å². The van der Waals surface area contributed by atoms with Crippen LogP contribution in [0.5, 0.6) is 0 Å². The molecule has 3 aromatic carbocycles. The van der Waals surface area contributed by atoms with Gasteiger partial charge in [0.2, 0.25) is 0 Å².